The van der Waals surface area contributed by atoms with Gasteiger partial charge in [0.15, 0.2) is 0 Å². The molecule has 2 N–H and O–H groups in total. The van der Waals surface area contributed by atoms with Gasteiger partial charge in [-0.2, -0.15) is 0 Å². The summed E-state index contributed by atoms with van der Waals surface area (Å²) in [5, 5.41) is 5.96. The predicted molar refractivity (Wildman–Crippen MR) is 98.9 cm³/mol. The number of nitrogens with one attached hydrogen (secondary N) is 2. The van der Waals surface area contributed by atoms with Gasteiger partial charge in [-0.15, -0.1) is 0 Å². The monoisotopic (exact) mass is 355 g/mol. The topological polar surface area (TPSA) is 61.4 Å². The Kier molecular flexibility index (Phi) is 5.32. The molecule has 0 spiro atoms. The Balaban J connectivity index is 1.89. The van der Waals surface area contributed by atoms with Gasteiger partial charge in [0.1, 0.15) is 5.82 Å². The maximum Gasteiger partial charge on any atom is 0.258 e. The van der Waals surface area contributed by atoms with Crippen LogP contribution < -0.4 is 10.6 Å². The lowest BCUT2D eigenvalue weighted by molar-refractivity contribution is 0.0744. The summed E-state index contributed by atoms with van der Waals surface area (Å²) in [7, 11) is 1.77. The van der Waals surface area contributed by atoms with Crippen molar-refractivity contribution < 1.29 is 14.0 Å². The molecule has 1 atom stereocenters. The zero-order valence-electron chi connectivity index (χ0n) is 14.9. The van der Waals surface area contributed by atoms with Crippen LogP contribution >= 0.6 is 0 Å². The highest BCUT2D eigenvalue weighted by Gasteiger charge is 2.26. The quantitative estimate of drug-likeness (QED) is 0.887. The Labute approximate surface area is 152 Å². The molecule has 136 valence electrons. The van der Waals surface area contributed by atoms with Crippen molar-refractivity contribution in [3.63, 3.8) is 0 Å². The number of anilines is 1. The molecular weight excluding hydrogens is 333 g/mol. The maximum absolute atomic E-state index is 13.9. The first kappa shape index (κ1) is 18.1. The van der Waals surface area contributed by atoms with Crippen LogP contribution in [0.3, 0.4) is 0 Å². The number of carbonyl (C=O) groups is 2. The minimum absolute atomic E-state index is 0.0532. The van der Waals surface area contributed by atoms with Crippen LogP contribution in [0, 0.1) is 12.7 Å². The molecule has 1 aliphatic rings. The summed E-state index contributed by atoms with van der Waals surface area (Å²) >= 11 is 0. The molecule has 3 rings (SSSR count). The van der Waals surface area contributed by atoms with Crippen molar-refractivity contribution in [1.29, 1.82) is 0 Å². The highest BCUT2D eigenvalue weighted by molar-refractivity contribution is 6.09. The van der Waals surface area contributed by atoms with E-state index in [1.54, 1.807) is 30.1 Å². The van der Waals surface area contributed by atoms with E-state index in [1.807, 2.05) is 13.0 Å². The molecule has 1 fully saturated rings. The lowest BCUT2D eigenvalue weighted by Crippen LogP contribution is -2.38. The van der Waals surface area contributed by atoms with E-state index >= 15 is 0 Å². The average Bonchev–Trinajstić information content (AvgIpc) is 3.17. The number of hydrogen-bond donors (Lipinski definition) is 2. The summed E-state index contributed by atoms with van der Waals surface area (Å²) in [6.07, 6.45) is 0.894. The second kappa shape index (κ2) is 7.66. The van der Waals surface area contributed by atoms with Crippen molar-refractivity contribution >= 4 is 17.5 Å². The molecule has 2 aromatic carbocycles. The van der Waals surface area contributed by atoms with Gasteiger partial charge >= 0.3 is 0 Å². The Morgan fingerprint density at radius 2 is 1.88 bits per heavy atom. The van der Waals surface area contributed by atoms with E-state index in [-0.39, 0.29) is 17.5 Å². The average molecular weight is 355 g/mol. The third-order valence-electron chi connectivity index (χ3n) is 4.76. The van der Waals surface area contributed by atoms with Crippen molar-refractivity contribution in [2.24, 2.45) is 0 Å². The molecule has 0 radical (unpaired) electrons. The van der Waals surface area contributed by atoms with Gasteiger partial charge < -0.3 is 15.5 Å². The molecule has 0 aliphatic carbocycles. The van der Waals surface area contributed by atoms with Gasteiger partial charge in [-0.3, -0.25) is 9.59 Å². The number of halogens is 1. The molecule has 1 aliphatic heterocycles. The molecule has 2 amide bonds. The Morgan fingerprint density at radius 3 is 2.58 bits per heavy atom. The van der Waals surface area contributed by atoms with Crippen molar-refractivity contribution in [1.82, 2.24) is 10.2 Å². The third kappa shape index (κ3) is 3.60. The lowest BCUT2D eigenvalue weighted by atomic mass is 10.0. The molecule has 5 nitrogen and oxygen atoms in total. The van der Waals surface area contributed by atoms with E-state index in [2.05, 4.69) is 10.6 Å². The maximum atomic E-state index is 13.9. The van der Waals surface area contributed by atoms with Gasteiger partial charge in [0.2, 0.25) is 0 Å². The van der Waals surface area contributed by atoms with E-state index in [0.29, 0.717) is 11.3 Å². The number of rotatable bonds is 4. The van der Waals surface area contributed by atoms with Crippen LogP contribution in [0.2, 0.25) is 0 Å². The molecule has 1 heterocycles. The summed E-state index contributed by atoms with van der Waals surface area (Å²) in [6, 6.07) is 11.2. The summed E-state index contributed by atoms with van der Waals surface area (Å²) in [5.74, 6) is -1.33. The van der Waals surface area contributed by atoms with Crippen molar-refractivity contribution in [2.45, 2.75) is 19.4 Å². The Bertz CT molecular complexity index is 832. The van der Waals surface area contributed by atoms with E-state index < -0.39 is 11.7 Å². The molecule has 6 heteroatoms. The minimum atomic E-state index is -0.597. The van der Waals surface area contributed by atoms with Gasteiger partial charge in [0, 0.05) is 19.6 Å². The largest absolute Gasteiger partial charge is 0.337 e. The summed E-state index contributed by atoms with van der Waals surface area (Å²) in [4.78, 5) is 27.2. The van der Waals surface area contributed by atoms with E-state index in [4.69, 9.17) is 0 Å². The van der Waals surface area contributed by atoms with Crippen LogP contribution in [0.4, 0.5) is 10.1 Å². The first-order valence-corrected chi connectivity index (χ1v) is 8.62. The fourth-order valence-electron chi connectivity index (χ4n) is 3.16. The van der Waals surface area contributed by atoms with Gasteiger partial charge in [-0.05, 0) is 43.7 Å². The number of carbonyl (C=O) groups excluding carboxylic acids is 2. The molecule has 26 heavy (non-hydrogen) atoms. The van der Waals surface area contributed by atoms with Gasteiger partial charge in [0.05, 0.1) is 16.8 Å². The van der Waals surface area contributed by atoms with Crippen LogP contribution in [-0.2, 0) is 0 Å². The minimum Gasteiger partial charge on any atom is -0.337 e. The number of hydrogen-bond acceptors (Lipinski definition) is 3. The second-order valence-corrected chi connectivity index (χ2v) is 6.49. The first-order chi connectivity index (χ1) is 12.5. The highest BCUT2D eigenvalue weighted by atomic mass is 19.1. The smallest absolute Gasteiger partial charge is 0.258 e. The zero-order chi connectivity index (χ0) is 18.7. The van der Waals surface area contributed by atoms with Gasteiger partial charge in [-0.1, -0.05) is 24.3 Å². The second-order valence-electron chi connectivity index (χ2n) is 6.49. The predicted octanol–water partition coefficient (Wildman–Crippen LogP) is 2.82. The number of benzene rings is 2. The number of amides is 2. The standard InChI is InChI=1S/C20H22FN3O2/c1-13-6-5-8-16(20(26)24(2)14-10-11-22-12-14)18(13)23-19(25)15-7-3-4-9-17(15)21/h3-9,14,22H,10-12H2,1-2H3,(H,23,25). The van der Waals surface area contributed by atoms with Crippen LogP contribution in [0.25, 0.3) is 0 Å². The fraction of sp³-hybridized carbons (Fsp3) is 0.300. The number of aryl methyl sites for hydroxylation is 1. The van der Waals surface area contributed by atoms with Crippen molar-refractivity contribution in [3.8, 4) is 0 Å². The van der Waals surface area contributed by atoms with Crippen LogP contribution in [-0.4, -0.2) is 42.9 Å². The van der Waals surface area contributed by atoms with Crippen LogP contribution in [0.15, 0.2) is 42.5 Å². The summed E-state index contributed by atoms with van der Waals surface area (Å²) in [5.41, 5.74) is 1.52. The van der Waals surface area contributed by atoms with Crippen molar-refractivity contribution in [3.05, 3.63) is 65.0 Å². The molecular formula is C20H22FN3O2. The number of para-hydroxylation sites is 1. The van der Waals surface area contributed by atoms with Gasteiger partial charge in [-0.25, -0.2) is 4.39 Å². The molecule has 0 bridgehead atoms. The lowest BCUT2D eigenvalue weighted by Gasteiger charge is -2.25. The normalized spacial score (nSPS) is 16.3. The molecule has 1 unspecified atom stereocenters. The molecule has 0 saturated carbocycles. The summed E-state index contributed by atoms with van der Waals surface area (Å²) < 4.78 is 13.9. The SMILES string of the molecule is Cc1cccc(C(=O)N(C)C2CCNC2)c1NC(=O)c1ccccc1F. The molecule has 2 aromatic rings. The van der Waals surface area contributed by atoms with E-state index in [9.17, 15) is 14.0 Å². The zero-order valence-corrected chi connectivity index (χ0v) is 14.9. The highest BCUT2D eigenvalue weighted by Crippen LogP contribution is 2.24. The Hall–Kier alpha value is -2.73. The van der Waals surface area contributed by atoms with Crippen LogP contribution in [0.5, 0.6) is 0 Å². The fourth-order valence-corrected chi connectivity index (χ4v) is 3.16. The molecule has 0 aromatic heterocycles. The van der Waals surface area contributed by atoms with Crippen LogP contribution in [0.1, 0.15) is 32.7 Å². The first-order valence-electron chi connectivity index (χ1n) is 8.62. The molecule has 1 saturated heterocycles. The van der Waals surface area contributed by atoms with Gasteiger partial charge in [0.25, 0.3) is 11.8 Å². The number of nitrogens with zero attached hydrogens (tertiary/aromatic N) is 1. The van der Waals surface area contributed by atoms with E-state index in [0.717, 1.165) is 25.1 Å². The van der Waals surface area contributed by atoms with Crippen molar-refractivity contribution in [2.75, 3.05) is 25.5 Å². The summed E-state index contributed by atoms with van der Waals surface area (Å²) in [6.45, 7) is 3.45. The third-order valence-corrected chi connectivity index (χ3v) is 4.76. The number of likely N-dealkylation sites (N-methyl/N-ethyl adjacent to an activating group) is 1. The van der Waals surface area contributed by atoms with E-state index in [1.165, 1.54) is 18.2 Å². The Morgan fingerprint density at radius 1 is 1.15 bits per heavy atom.